The van der Waals surface area contributed by atoms with Crippen LogP contribution in [0.25, 0.3) is 0 Å². The van der Waals surface area contributed by atoms with Gasteiger partial charge in [-0.3, -0.25) is 0 Å². The van der Waals surface area contributed by atoms with E-state index >= 15 is 0 Å². The van der Waals surface area contributed by atoms with Crippen LogP contribution in [0, 0.1) is 6.08 Å². The summed E-state index contributed by atoms with van der Waals surface area (Å²) in [6.45, 7) is 8.12. The lowest BCUT2D eigenvalue weighted by Gasteiger charge is -1.94. The van der Waals surface area contributed by atoms with Crippen molar-refractivity contribution >= 4 is 0 Å². The minimum absolute atomic E-state index is 1.24. The van der Waals surface area contributed by atoms with E-state index in [0.29, 0.717) is 0 Å². The summed E-state index contributed by atoms with van der Waals surface area (Å²) < 4.78 is 0. The molecule has 0 aliphatic carbocycles. The normalized spacial score (nSPS) is 14.5. The molecule has 0 spiro atoms. The fraction of sp³-hybridized carbons (Fsp3) is 0.500. The molecule has 45 valence electrons. The summed E-state index contributed by atoms with van der Waals surface area (Å²) in [5, 5.41) is 0. The standard InChI is InChI=1S/C8H13/c1-5-7(3)8(4)6-2/h5H,1-4H3/b7-5-,8-6?. The highest BCUT2D eigenvalue weighted by atomic mass is 13.9. The Labute approximate surface area is 51.9 Å². The maximum absolute atomic E-state index is 3.06. The molecule has 0 nitrogen and oxygen atoms in total. The Morgan fingerprint density at radius 2 is 1.88 bits per heavy atom. The number of hydrogen-bond acceptors (Lipinski definition) is 0. The molecule has 0 aromatic rings. The van der Waals surface area contributed by atoms with Crippen molar-refractivity contribution in [1.29, 1.82) is 0 Å². The summed E-state index contributed by atoms with van der Waals surface area (Å²) in [4.78, 5) is 0. The summed E-state index contributed by atoms with van der Waals surface area (Å²) in [6.07, 6.45) is 5.15. The van der Waals surface area contributed by atoms with Gasteiger partial charge in [0.1, 0.15) is 0 Å². The summed E-state index contributed by atoms with van der Waals surface area (Å²) >= 11 is 0. The highest BCUT2D eigenvalue weighted by Crippen LogP contribution is 2.04. The molecule has 0 saturated heterocycles. The van der Waals surface area contributed by atoms with Gasteiger partial charge in [-0.05, 0) is 39.3 Å². The van der Waals surface area contributed by atoms with Gasteiger partial charge < -0.3 is 0 Å². The van der Waals surface area contributed by atoms with Gasteiger partial charge in [0.05, 0.1) is 0 Å². The van der Waals surface area contributed by atoms with Crippen molar-refractivity contribution < 1.29 is 0 Å². The number of allylic oxidation sites excluding steroid dienone is 4. The lowest BCUT2D eigenvalue weighted by atomic mass is 10.1. The maximum Gasteiger partial charge on any atom is -0.0392 e. The lowest BCUT2D eigenvalue weighted by Crippen LogP contribution is -1.75. The van der Waals surface area contributed by atoms with E-state index in [1.165, 1.54) is 11.1 Å². The third kappa shape index (κ3) is 1.97. The first-order valence-corrected chi connectivity index (χ1v) is 2.87. The van der Waals surface area contributed by atoms with E-state index in [2.05, 4.69) is 26.0 Å². The van der Waals surface area contributed by atoms with Crippen LogP contribution in [0.2, 0.25) is 0 Å². The molecule has 0 N–H and O–H groups in total. The maximum atomic E-state index is 3.06. The Balaban J connectivity index is 4.04. The second-order valence-electron chi connectivity index (χ2n) is 1.85. The van der Waals surface area contributed by atoms with E-state index < -0.39 is 0 Å². The molecule has 0 amide bonds. The average Bonchev–Trinajstić information content (AvgIpc) is 1.84. The first kappa shape index (κ1) is 7.48. The third-order valence-corrected chi connectivity index (χ3v) is 1.40. The zero-order chi connectivity index (χ0) is 6.57. The molecule has 0 atom stereocenters. The van der Waals surface area contributed by atoms with Crippen LogP contribution in [-0.4, -0.2) is 0 Å². The van der Waals surface area contributed by atoms with Crippen molar-refractivity contribution in [2.75, 3.05) is 0 Å². The Hall–Kier alpha value is -0.520. The smallest absolute Gasteiger partial charge is 0.0392 e. The van der Waals surface area contributed by atoms with Crippen LogP contribution in [0.15, 0.2) is 17.2 Å². The van der Waals surface area contributed by atoms with Gasteiger partial charge in [-0.25, -0.2) is 0 Å². The molecule has 0 fully saturated rings. The first-order chi connectivity index (χ1) is 3.72. The third-order valence-electron chi connectivity index (χ3n) is 1.40. The molecule has 8 heavy (non-hydrogen) atoms. The number of rotatable bonds is 1. The SMILES string of the molecule is C/[C]=C(C)\C(C)=C/C. The van der Waals surface area contributed by atoms with Gasteiger partial charge in [0, 0.05) is 0 Å². The van der Waals surface area contributed by atoms with Crippen molar-refractivity contribution in [3.05, 3.63) is 23.3 Å². The molecular weight excluding hydrogens is 96.1 g/mol. The zero-order valence-electron chi connectivity index (χ0n) is 6.08. The van der Waals surface area contributed by atoms with Gasteiger partial charge in [-0.1, -0.05) is 11.6 Å². The van der Waals surface area contributed by atoms with Gasteiger partial charge >= 0.3 is 0 Å². The molecule has 0 aromatic carbocycles. The summed E-state index contributed by atoms with van der Waals surface area (Å²) in [7, 11) is 0. The van der Waals surface area contributed by atoms with Crippen LogP contribution in [0.1, 0.15) is 27.7 Å². The van der Waals surface area contributed by atoms with E-state index in [4.69, 9.17) is 0 Å². The fourth-order valence-corrected chi connectivity index (χ4v) is 0.414. The fourth-order valence-electron chi connectivity index (χ4n) is 0.414. The lowest BCUT2D eigenvalue weighted by molar-refractivity contribution is 1.29. The Morgan fingerprint density at radius 1 is 1.38 bits per heavy atom. The predicted octanol–water partition coefficient (Wildman–Crippen LogP) is 2.72. The minimum atomic E-state index is 1.24. The van der Waals surface area contributed by atoms with Gasteiger partial charge in [-0.2, -0.15) is 0 Å². The Morgan fingerprint density at radius 3 is 2.00 bits per heavy atom. The van der Waals surface area contributed by atoms with Crippen LogP contribution in [0.3, 0.4) is 0 Å². The minimum Gasteiger partial charge on any atom is -0.0844 e. The largest absolute Gasteiger partial charge is 0.0844 e. The Bertz CT molecular complexity index is 100. The van der Waals surface area contributed by atoms with Crippen LogP contribution in [0.5, 0.6) is 0 Å². The van der Waals surface area contributed by atoms with Crippen LogP contribution in [0.4, 0.5) is 0 Å². The van der Waals surface area contributed by atoms with Gasteiger partial charge in [-0.15, -0.1) is 0 Å². The molecule has 0 saturated carbocycles. The molecule has 0 aliphatic rings. The van der Waals surface area contributed by atoms with Crippen molar-refractivity contribution in [3.8, 4) is 0 Å². The average molecular weight is 109 g/mol. The van der Waals surface area contributed by atoms with Crippen LogP contribution in [-0.2, 0) is 0 Å². The van der Waals surface area contributed by atoms with Gasteiger partial charge in [0.15, 0.2) is 0 Å². The molecule has 0 heterocycles. The summed E-state index contributed by atoms with van der Waals surface area (Å²) in [5.41, 5.74) is 2.56. The molecule has 0 rings (SSSR count). The van der Waals surface area contributed by atoms with Gasteiger partial charge in [0.2, 0.25) is 0 Å². The highest BCUT2D eigenvalue weighted by molar-refractivity contribution is 5.23. The quantitative estimate of drug-likeness (QED) is 0.454. The van der Waals surface area contributed by atoms with E-state index in [-0.39, 0.29) is 0 Å². The van der Waals surface area contributed by atoms with E-state index in [1.54, 1.807) is 0 Å². The van der Waals surface area contributed by atoms with Crippen molar-refractivity contribution in [2.45, 2.75) is 27.7 Å². The van der Waals surface area contributed by atoms with Crippen molar-refractivity contribution in [3.63, 3.8) is 0 Å². The molecule has 0 heteroatoms. The zero-order valence-corrected chi connectivity index (χ0v) is 6.08. The molecule has 0 unspecified atom stereocenters. The molecular formula is C8H13. The monoisotopic (exact) mass is 109 g/mol. The second kappa shape index (κ2) is 3.48. The van der Waals surface area contributed by atoms with E-state index in [0.717, 1.165) is 0 Å². The molecule has 1 radical (unpaired) electrons. The summed E-state index contributed by atoms with van der Waals surface area (Å²) in [5.74, 6) is 0. The van der Waals surface area contributed by atoms with Crippen LogP contribution < -0.4 is 0 Å². The van der Waals surface area contributed by atoms with Crippen LogP contribution >= 0.6 is 0 Å². The second-order valence-corrected chi connectivity index (χ2v) is 1.85. The summed E-state index contributed by atoms with van der Waals surface area (Å²) in [6, 6.07) is 0. The van der Waals surface area contributed by atoms with Gasteiger partial charge in [0.25, 0.3) is 0 Å². The topological polar surface area (TPSA) is 0 Å². The van der Waals surface area contributed by atoms with Crippen molar-refractivity contribution in [2.24, 2.45) is 0 Å². The highest BCUT2D eigenvalue weighted by Gasteiger charge is 1.85. The molecule has 0 aromatic heterocycles. The molecule has 0 bridgehead atoms. The van der Waals surface area contributed by atoms with E-state index in [9.17, 15) is 0 Å². The molecule has 0 aliphatic heterocycles. The first-order valence-electron chi connectivity index (χ1n) is 2.87. The number of hydrogen-bond donors (Lipinski definition) is 0. The van der Waals surface area contributed by atoms with E-state index in [1.807, 2.05) is 13.8 Å². The van der Waals surface area contributed by atoms with Crippen molar-refractivity contribution in [1.82, 2.24) is 0 Å². The predicted molar refractivity (Wildman–Crippen MR) is 37.5 cm³/mol. The Kier molecular flexibility index (Phi) is 3.25.